The smallest absolute Gasteiger partial charge is 0.273 e. The lowest BCUT2D eigenvalue weighted by atomic mass is 10.1. The number of rotatable bonds is 7. The Morgan fingerprint density at radius 3 is 2.60 bits per heavy atom. The molecule has 130 valence electrons. The highest BCUT2D eigenvalue weighted by atomic mass is 16.6. The third-order valence-electron chi connectivity index (χ3n) is 3.35. The highest BCUT2D eigenvalue weighted by Gasteiger charge is 2.15. The van der Waals surface area contributed by atoms with E-state index < -0.39 is 10.8 Å². The second-order valence-electron chi connectivity index (χ2n) is 4.97. The van der Waals surface area contributed by atoms with Gasteiger partial charge in [-0.3, -0.25) is 14.9 Å². The van der Waals surface area contributed by atoms with Gasteiger partial charge in [-0.1, -0.05) is 18.2 Å². The van der Waals surface area contributed by atoms with Gasteiger partial charge in [0.05, 0.1) is 31.8 Å². The van der Waals surface area contributed by atoms with Crippen LogP contribution in [0, 0.1) is 10.1 Å². The maximum atomic E-state index is 11.9. The number of para-hydroxylation sites is 1. The third-order valence-corrected chi connectivity index (χ3v) is 3.35. The lowest BCUT2D eigenvalue weighted by molar-refractivity contribution is -0.385. The monoisotopic (exact) mass is 343 g/mol. The van der Waals surface area contributed by atoms with E-state index in [4.69, 9.17) is 9.47 Å². The summed E-state index contributed by atoms with van der Waals surface area (Å²) in [7, 11) is 3.06. The molecular formula is C17H17N3O5. The molecule has 0 aliphatic carbocycles. The second-order valence-corrected chi connectivity index (χ2v) is 4.97. The standard InChI is InChI=1S/C17H17N3O5/c1-24-15-8-7-12(9-16(15)25-2)11-18-19-17(21)10-13-5-3-4-6-14(13)20(22)23/h3-9,11H,10H2,1-2H3,(H,19,21)/b18-11+. The summed E-state index contributed by atoms with van der Waals surface area (Å²) in [6.07, 6.45) is 1.31. The molecule has 0 aromatic heterocycles. The van der Waals surface area contributed by atoms with Crippen molar-refractivity contribution in [2.45, 2.75) is 6.42 Å². The van der Waals surface area contributed by atoms with Crippen molar-refractivity contribution in [1.29, 1.82) is 0 Å². The number of nitrogens with zero attached hydrogens (tertiary/aromatic N) is 2. The second kappa shape index (κ2) is 8.44. The molecule has 0 unspecified atom stereocenters. The summed E-state index contributed by atoms with van der Waals surface area (Å²) in [5.41, 5.74) is 3.27. The zero-order valence-corrected chi connectivity index (χ0v) is 13.8. The average molecular weight is 343 g/mol. The van der Waals surface area contributed by atoms with E-state index >= 15 is 0 Å². The van der Waals surface area contributed by atoms with Gasteiger partial charge in [-0.25, -0.2) is 5.43 Å². The van der Waals surface area contributed by atoms with Gasteiger partial charge in [-0.05, 0) is 23.8 Å². The predicted octanol–water partition coefficient (Wildman–Crippen LogP) is 2.30. The summed E-state index contributed by atoms with van der Waals surface area (Å²) in [5.74, 6) is 0.670. The summed E-state index contributed by atoms with van der Waals surface area (Å²) >= 11 is 0. The summed E-state index contributed by atoms with van der Waals surface area (Å²) in [6, 6.07) is 11.3. The zero-order valence-electron chi connectivity index (χ0n) is 13.8. The molecule has 0 saturated heterocycles. The lowest BCUT2D eigenvalue weighted by Gasteiger charge is -2.07. The summed E-state index contributed by atoms with van der Waals surface area (Å²) in [6.45, 7) is 0. The van der Waals surface area contributed by atoms with Crippen molar-refractivity contribution >= 4 is 17.8 Å². The normalized spacial score (nSPS) is 10.5. The van der Waals surface area contributed by atoms with Crippen LogP contribution in [0.25, 0.3) is 0 Å². The van der Waals surface area contributed by atoms with E-state index in [1.165, 1.54) is 32.6 Å². The molecule has 0 bridgehead atoms. The molecule has 0 radical (unpaired) electrons. The van der Waals surface area contributed by atoms with Crippen LogP contribution in [0.2, 0.25) is 0 Å². The van der Waals surface area contributed by atoms with Crippen molar-refractivity contribution < 1.29 is 19.2 Å². The van der Waals surface area contributed by atoms with Crippen molar-refractivity contribution in [1.82, 2.24) is 5.43 Å². The number of nitrogens with one attached hydrogen (secondary N) is 1. The van der Waals surface area contributed by atoms with Crippen LogP contribution in [0.1, 0.15) is 11.1 Å². The molecule has 0 spiro atoms. The molecule has 0 heterocycles. The minimum Gasteiger partial charge on any atom is -0.493 e. The largest absolute Gasteiger partial charge is 0.493 e. The van der Waals surface area contributed by atoms with Gasteiger partial charge in [0, 0.05) is 11.6 Å². The Morgan fingerprint density at radius 1 is 1.20 bits per heavy atom. The Hall–Kier alpha value is -3.42. The lowest BCUT2D eigenvalue weighted by Crippen LogP contribution is -2.20. The van der Waals surface area contributed by atoms with Gasteiger partial charge < -0.3 is 9.47 Å². The van der Waals surface area contributed by atoms with Crippen LogP contribution < -0.4 is 14.9 Å². The number of methoxy groups -OCH3 is 2. The van der Waals surface area contributed by atoms with Crippen molar-refractivity contribution in [3.8, 4) is 11.5 Å². The van der Waals surface area contributed by atoms with Crippen molar-refractivity contribution in [3.63, 3.8) is 0 Å². The van der Waals surface area contributed by atoms with Crippen LogP contribution in [0.5, 0.6) is 11.5 Å². The fourth-order valence-corrected chi connectivity index (χ4v) is 2.16. The van der Waals surface area contributed by atoms with Crippen LogP contribution in [-0.2, 0) is 11.2 Å². The van der Waals surface area contributed by atoms with E-state index in [-0.39, 0.29) is 12.1 Å². The van der Waals surface area contributed by atoms with Crippen molar-refractivity contribution in [3.05, 3.63) is 63.7 Å². The average Bonchev–Trinajstić information content (AvgIpc) is 2.61. The van der Waals surface area contributed by atoms with Crippen LogP contribution in [0.4, 0.5) is 5.69 Å². The number of nitro benzene ring substituents is 1. The fraction of sp³-hybridized carbons (Fsp3) is 0.176. The molecule has 25 heavy (non-hydrogen) atoms. The first kappa shape index (κ1) is 17.9. The highest BCUT2D eigenvalue weighted by molar-refractivity contribution is 5.84. The SMILES string of the molecule is COc1ccc(/C=N/NC(=O)Cc2ccccc2[N+](=O)[O-])cc1OC. The highest BCUT2D eigenvalue weighted by Crippen LogP contribution is 2.26. The molecule has 0 atom stereocenters. The molecule has 2 aromatic carbocycles. The zero-order chi connectivity index (χ0) is 18.2. The number of ether oxygens (including phenoxy) is 2. The van der Waals surface area contributed by atoms with Gasteiger partial charge in [0.15, 0.2) is 11.5 Å². The maximum Gasteiger partial charge on any atom is 0.273 e. The molecule has 1 amide bonds. The van der Waals surface area contributed by atoms with Gasteiger partial charge in [0.2, 0.25) is 5.91 Å². The van der Waals surface area contributed by atoms with E-state index in [9.17, 15) is 14.9 Å². The summed E-state index contributed by atoms with van der Waals surface area (Å²) in [5, 5.41) is 14.8. The molecule has 2 rings (SSSR count). The number of hydrogen-bond acceptors (Lipinski definition) is 6. The molecule has 0 saturated carbocycles. The molecule has 0 fully saturated rings. The minimum absolute atomic E-state index is 0.0958. The first-order chi connectivity index (χ1) is 12.0. The predicted molar refractivity (Wildman–Crippen MR) is 92.1 cm³/mol. The van der Waals surface area contributed by atoms with Gasteiger partial charge in [-0.2, -0.15) is 5.10 Å². The van der Waals surface area contributed by atoms with Crippen molar-refractivity contribution in [2.75, 3.05) is 14.2 Å². The van der Waals surface area contributed by atoms with Crippen LogP contribution in [-0.4, -0.2) is 31.3 Å². The van der Waals surface area contributed by atoms with E-state index in [2.05, 4.69) is 10.5 Å². The number of amides is 1. The van der Waals surface area contributed by atoms with Crippen molar-refractivity contribution in [2.24, 2.45) is 5.10 Å². The van der Waals surface area contributed by atoms with Crippen LogP contribution in [0.15, 0.2) is 47.6 Å². The Bertz CT molecular complexity index is 805. The number of carbonyl (C=O) groups excluding carboxylic acids is 1. The molecule has 2 aromatic rings. The minimum atomic E-state index is -0.518. The Balaban J connectivity index is 2.01. The van der Waals surface area contributed by atoms with Gasteiger partial charge in [-0.15, -0.1) is 0 Å². The topological polar surface area (TPSA) is 103 Å². The van der Waals surface area contributed by atoms with E-state index in [1.54, 1.807) is 30.3 Å². The molecule has 0 aliphatic rings. The van der Waals surface area contributed by atoms with Gasteiger partial charge in [0.1, 0.15) is 0 Å². The number of benzene rings is 2. The first-order valence-corrected chi connectivity index (χ1v) is 7.31. The first-order valence-electron chi connectivity index (χ1n) is 7.31. The van der Waals surface area contributed by atoms with Crippen LogP contribution >= 0.6 is 0 Å². The quantitative estimate of drug-likeness (QED) is 0.472. The molecule has 8 nitrogen and oxygen atoms in total. The maximum absolute atomic E-state index is 11.9. The van der Waals surface area contributed by atoms with E-state index in [0.29, 0.717) is 22.6 Å². The Morgan fingerprint density at radius 2 is 1.92 bits per heavy atom. The molecule has 8 heteroatoms. The van der Waals surface area contributed by atoms with Gasteiger partial charge in [0.25, 0.3) is 5.69 Å². The summed E-state index contributed by atoms with van der Waals surface area (Å²) < 4.78 is 10.3. The fourth-order valence-electron chi connectivity index (χ4n) is 2.16. The Kier molecular flexibility index (Phi) is 6.05. The number of carbonyl (C=O) groups is 1. The van der Waals surface area contributed by atoms with E-state index in [0.717, 1.165) is 0 Å². The number of nitro groups is 1. The molecular weight excluding hydrogens is 326 g/mol. The Labute approximate surface area is 144 Å². The van der Waals surface area contributed by atoms with Crippen LogP contribution in [0.3, 0.4) is 0 Å². The number of hydrazone groups is 1. The van der Waals surface area contributed by atoms with Gasteiger partial charge >= 0.3 is 0 Å². The third kappa shape index (κ3) is 4.77. The van der Waals surface area contributed by atoms with E-state index in [1.807, 2.05) is 0 Å². The molecule has 0 aliphatic heterocycles. The summed E-state index contributed by atoms with van der Waals surface area (Å²) in [4.78, 5) is 22.3. The molecule has 1 N–H and O–H groups in total. The number of hydrogen-bond donors (Lipinski definition) is 1.